The number of hydrogen-bond donors (Lipinski definition) is 1. The summed E-state index contributed by atoms with van der Waals surface area (Å²) in [6.07, 6.45) is 3.59. The Morgan fingerprint density at radius 2 is 1.76 bits per heavy atom. The minimum absolute atomic E-state index is 0.0740. The molecule has 0 aliphatic carbocycles. The molecule has 0 saturated heterocycles. The molecule has 0 aliphatic heterocycles. The molecule has 0 fully saturated rings. The maximum Gasteiger partial charge on any atom is 0.0703 e. The van der Waals surface area contributed by atoms with Crippen molar-refractivity contribution in [3.63, 3.8) is 0 Å². The third-order valence-corrected chi connectivity index (χ3v) is 2.57. The number of nitrogens with zero attached hydrogens (tertiary/aromatic N) is 2. The van der Waals surface area contributed by atoms with E-state index in [1.807, 2.05) is 12.3 Å². The van der Waals surface area contributed by atoms with Crippen molar-refractivity contribution in [2.75, 3.05) is 18.0 Å². The van der Waals surface area contributed by atoms with Crippen molar-refractivity contribution in [2.24, 2.45) is 11.8 Å². The highest BCUT2D eigenvalue weighted by molar-refractivity contribution is 5.51. The van der Waals surface area contributed by atoms with Gasteiger partial charge in [0.05, 0.1) is 18.5 Å². The fourth-order valence-electron chi connectivity index (χ4n) is 1.99. The van der Waals surface area contributed by atoms with Gasteiger partial charge in [0, 0.05) is 24.8 Å². The first-order valence-electron chi connectivity index (χ1n) is 6.33. The first-order valence-corrected chi connectivity index (χ1v) is 6.33. The molecule has 0 radical (unpaired) electrons. The van der Waals surface area contributed by atoms with Crippen LogP contribution in [-0.2, 0) is 6.61 Å². The van der Waals surface area contributed by atoms with E-state index in [1.165, 1.54) is 0 Å². The van der Waals surface area contributed by atoms with Crippen LogP contribution < -0.4 is 4.90 Å². The number of rotatable bonds is 6. The van der Waals surface area contributed by atoms with Crippen LogP contribution in [0.5, 0.6) is 0 Å². The largest absolute Gasteiger partial charge is 0.392 e. The number of pyridine rings is 1. The second-order valence-corrected chi connectivity index (χ2v) is 5.36. The van der Waals surface area contributed by atoms with Crippen LogP contribution in [0.25, 0.3) is 0 Å². The first kappa shape index (κ1) is 14.0. The van der Waals surface area contributed by atoms with Crippen LogP contribution in [0.3, 0.4) is 0 Å². The summed E-state index contributed by atoms with van der Waals surface area (Å²) in [7, 11) is 0. The zero-order valence-corrected chi connectivity index (χ0v) is 11.3. The lowest BCUT2D eigenvalue weighted by Crippen LogP contribution is -2.32. The van der Waals surface area contributed by atoms with Crippen LogP contribution in [0.2, 0.25) is 0 Å². The smallest absolute Gasteiger partial charge is 0.0703 e. The quantitative estimate of drug-likeness (QED) is 0.825. The second kappa shape index (κ2) is 6.60. The molecule has 1 heterocycles. The Morgan fingerprint density at radius 1 is 1.18 bits per heavy atom. The average Bonchev–Trinajstić information content (AvgIpc) is 2.27. The normalized spacial score (nSPS) is 11.2. The molecule has 0 atom stereocenters. The zero-order chi connectivity index (χ0) is 12.8. The van der Waals surface area contributed by atoms with Crippen LogP contribution >= 0.6 is 0 Å². The molecule has 0 unspecified atom stereocenters. The highest BCUT2D eigenvalue weighted by atomic mass is 16.3. The van der Waals surface area contributed by atoms with Gasteiger partial charge in [0.25, 0.3) is 0 Å². The SMILES string of the molecule is CC(C)CN(CC(C)C)c1cnccc1CO. The Balaban J connectivity index is 2.94. The molecule has 1 aromatic heterocycles. The molecular formula is C14H24N2O. The monoisotopic (exact) mass is 236 g/mol. The molecule has 0 bridgehead atoms. The van der Waals surface area contributed by atoms with Gasteiger partial charge in [0.1, 0.15) is 0 Å². The molecule has 0 spiro atoms. The first-order chi connectivity index (χ1) is 8.04. The molecule has 0 aliphatic rings. The molecule has 0 amide bonds. The van der Waals surface area contributed by atoms with E-state index in [9.17, 15) is 5.11 Å². The third kappa shape index (κ3) is 4.35. The number of aromatic nitrogens is 1. The summed E-state index contributed by atoms with van der Waals surface area (Å²) in [5.41, 5.74) is 2.03. The summed E-state index contributed by atoms with van der Waals surface area (Å²) < 4.78 is 0. The van der Waals surface area contributed by atoms with Crippen molar-refractivity contribution in [1.29, 1.82) is 0 Å². The van der Waals surface area contributed by atoms with Crippen molar-refractivity contribution >= 4 is 5.69 Å². The van der Waals surface area contributed by atoms with Crippen LogP contribution in [0.4, 0.5) is 5.69 Å². The topological polar surface area (TPSA) is 36.4 Å². The molecule has 1 N–H and O–H groups in total. The van der Waals surface area contributed by atoms with Gasteiger partial charge in [0.15, 0.2) is 0 Å². The summed E-state index contributed by atoms with van der Waals surface area (Å²) in [6.45, 7) is 10.9. The maximum absolute atomic E-state index is 9.38. The van der Waals surface area contributed by atoms with Gasteiger partial charge in [-0.25, -0.2) is 0 Å². The molecule has 3 heteroatoms. The Morgan fingerprint density at radius 3 is 2.24 bits per heavy atom. The Bertz CT molecular complexity index is 327. The predicted octanol–water partition coefficient (Wildman–Crippen LogP) is 2.69. The molecule has 1 rings (SSSR count). The van der Waals surface area contributed by atoms with Crippen LogP contribution in [0.15, 0.2) is 18.5 Å². The highest BCUT2D eigenvalue weighted by Crippen LogP contribution is 2.21. The average molecular weight is 236 g/mol. The minimum atomic E-state index is 0.0740. The van der Waals surface area contributed by atoms with Crippen molar-refractivity contribution < 1.29 is 5.11 Å². The lowest BCUT2D eigenvalue weighted by molar-refractivity contribution is 0.281. The van der Waals surface area contributed by atoms with E-state index in [4.69, 9.17) is 0 Å². The van der Waals surface area contributed by atoms with Gasteiger partial charge in [-0.2, -0.15) is 0 Å². The maximum atomic E-state index is 9.38. The van der Waals surface area contributed by atoms with E-state index in [-0.39, 0.29) is 6.61 Å². The molecule has 96 valence electrons. The second-order valence-electron chi connectivity index (χ2n) is 5.36. The van der Waals surface area contributed by atoms with Crippen molar-refractivity contribution in [2.45, 2.75) is 34.3 Å². The summed E-state index contributed by atoms with van der Waals surface area (Å²) in [6, 6.07) is 1.89. The third-order valence-electron chi connectivity index (χ3n) is 2.57. The van der Waals surface area contributed by atoms with Gasteiger partial charge >= 0.3 is 0 Å². The number of hydrogen-bond acceptors (Lipinski definition) is 3. The summed E-state index contributed by atoms with van der Waals surface area (Å²) in [4.78, 5) is 6.50. The van der Waals surface area contributed by atoms with Crippen molar-refractivity contribution in [1.82, 2.24) is 4.98 Å². The fraction of sp³-hybridized carbons (Fsp3) is 0.643. The van der Waals surface area contributed by atoms with Crippen LogP contribution in [0.1, 0.15) is 33.3 Å². The molecular weight excluding hydrogens is 212 g/mol. The molecule has 0 saturated carbocycles. The highest BCUT2D eigenvalue weighted by Gasteiger charge is 2.13. The van der Waals surface area contributed by atoms with Gasteiger partial charge in [-0.15, -0.1) is 0 Å². The summed E-state index contributed by atoms with van der Waals surface area (Å²) in [5.74, 6) is 1.20. The summed E-state index contributed by atoms with van der Waals surface area (Å²) >= 11 is 0. The van der Waals surface area contributed by atoms with Gasteiger partial charge in [0.2, 0.25) is 0 Å². The van der Waals surface area contributed by atoms with E-state index in [0.717, 1.165) is 24.3 Å². The lowest BCUT2D eigenvalue weighted by atomic mass is 10.1. The number of anilines is 1. The summed E-state index contributed by atoms with van der Waals surface area (Å²) in [5, 5.41) is 9.38. The molecule has 3 nitrogen and oxygen atoms in total. The Labute approximate surface area is 104 Å². The van der Waals surface area contributed by atoms with Gasteiger partial charge in [-0.05, 0) is 17.9 Å². The minimum Gasteiger partial charge on any atom is -0.392 e. The lowest BCUT2D eigenvalue weighted by Gasteiger charge is -2.29. The zero-order valence-electron chi connectivity index (χ0n) is 11.3. The number of aliphatic hydroxyl groups is 1. The standard InChI is InChI=1S/C14H24N2O/c1-11(2)8-16(9-12(3)4)14-7-15-6-5-13(14)10-17/h5-7,11-12,17H,8-10H2,1-4H3. The van der Waals surface area contributed by atoms with Crippen LogP contribution in [0, 0.1) is 11.8 Å². The van der Waals surface area contributed by atoms with Gasteiger partial charge in [-0.3, -0.25) is 4.98 Å². The molecule has 1 aromatic rings. The van der Waals surface area contributed by atoms with E-state index >= 15 is 0 Å². The van der Waals surface area contributed by atoms with E-state index < -0.39 is 0 Å². The van der Waals surface area contributed by atoms with Gasteiger partial charge < -0.3 is 10.0 Å². The molecule has 0 aromatic carbocycles. The van der Waals surface area contributed by atoms with Gasteiger partial charge in [-0.1, -0.05) is 27.7 Å². The fourth-order valence-corrected chi connectivity index (χ4v) is 1.99. The molecule has 17 heavy (non-hydrogen) atoms. The van der Waals surface area contributed by atoms with Crippen molar-refractivity contribution in [3.05, 3.63) is 24.0 Å². The Hall–Kier alpha value is -1.09. The van der Waals surface area contributed by atoms with E-state index in [1.54, 1.807) is 6.20 Å². The Kier molecular flexibility index (Phi) is 5.42. The van der Waals surface area contributed by atoms with Crippen molar-refractivity contribution in [3.8, 4) is 0 Å². The van der Waals surface area contributed by atoms with Crippen LogP contribution in [-0.4, -0.2) is 23.2 Å². The van der Waals surface area contributed by atoms with E-state index in [2.05, 4.69) is 37.6 Å². The predicted molar refractivity (Wildman–Crippen MR) is 72.0 cm³/mol. The number of aliphatic hydroxyl groups excluding tert-OH is 1. The van der Waals surface area contributed by atoms with E-state index in [0.29, 0.717) is 11.8 Å².